The van der Waals surface area contributed by atoms with Gasteiger partial charge in [-0.15, -0.1) is 0 Å². The molecule has 0 aliphatic heterocycles. The molecule has 6 N–H and O–H groups in total. The standard InChI is InChI=1S/C39H70N8O9/c1-36(2,3)53-32(49)29(40)19-26-47(35(52)56-39(10,11)12)22-14-13-21-45(33(50)54-37(4,5)6)24-16-25-46(34(51)55-38(7,8)9)23-15-20-42-31(48)28-17-18-30(44-41)43-27-28/h17-18,27,29H,13-16,19-26,40-41H2,1-12H3,(H,42,48)(H,43,44). The number of carbonyl (C=O) groups excluding carboxylic acids is 5. The summed E-state index contributed by atoms with van der Waals surface area (Å²) in [6, 6.07) is 2.27. The summed E-state index contributed by atoms with van der Waals surface area (Å²) in [5.41, 5.74) is 6.00. The first kappa shape index (κ1) is 49.6. The number of nitrogen functional groups attached to an aromatic ring is 1. The quantitative estimate of drug-likeness (QED) is 0.0452. The number of nitrogens with two attached hydrogens (primary N) is 2. The van der Waals surface area contributed by atoms with Gasteiger partial charge in [-0.1, -0.05) is 0 Å². The molecule has 0 aliphatic carbocycles. The highest BCUT2D eigenvalue weighted by atomic mass is 16.6. The van der Waals surface area contributed by atoms with E-state index in [2.05, 4.69) is 15.7 Å². The van der Waals surface area contributed by atoms with Gasteiger partial charge in [-0.3, -0.25) is 9.59 Å². The van der Waals surface area contributed by atoms with E-state index in [-0.39, 0.29) is 32.0 Å². The van der Waals surface area contributed by atoms with Crippen LogP contribution in [0.3, 0.4) is 0 Å². The van der Waals surface area contributed by atoms with Crippen LogP contribution in [0.1, 0.15) is 126 Å². The van der Waals surface area contributed by atoms with Crippen LogP contribution in [0.2, 0.25) is 0 Å². The van der Waals surface area contributed by atoms with Crippen molar-refractivity contribution in [1.29, 1.82) is 0 Å². The van der Waals surface area contributed by atoms with Gasteiger partial charge in [-0.2, -0.15) is 0 Å². The highest BCUT2D eigenvalue weighted by Crippen LogP contribution is 2.16. The molecular weight excluding hydrogens is 724 g/mol. The predicted molar refractivity (Wildman–Crippen MR) is 215 cm³/mol. The van der Waals surface area contributed by atoms with Crippen LogP contribution in [0.4, 0.5) is 20.2 Å². The van der Waals surface area contributed by atoms with E-state index in [4.69, 9.17) is 30.5 Å². The lowest BCUT2D eigenvalue weighted by Gasteiger charge is -2.30. The minimum absolute atomic E-state index is 0.173. The summed E-state index contributed by atoms with van der Waals surface area (Å²) in [5, 5.41) is 2.83. The van der Waals surface area contributed by atoms with Gasteiger partial charge in [0.1, 0.15) is 34.3 Å². The SMILES string of the molecule is CC(C)(C)OC(=O)C(N)CCN(CCCCN(CCCN(CCCNC(=O)c1ccc(NN)nc1)C(=O)OC(C)(C)C)C(=O)OC(C)(C)C)C(=O)OC(C)(C)C. The van der Waals surface area contributed by atoms with E-state index < -0.39 is 52.7 Å². The number of aromatic nitrogens is 1. The number of rotatable bonds is 19. The van der Waals surface area contributed by atoms with Crippen molar-refractivity contribution in [3.63, 3.8) is 0 Å². The highest BCUT2D eigenvalue weighted by Gasteiger charge is 2.28. The Morgan fingerprint density at radius 1 is 0.625 bits per heavy atom. The maximum atomic E-state index is 13.3. The zero-order valence-corrected chi connectivity index (χ0v) is 35.9. The lowest BCUT2D eigenvalue weighted by molar-refractivity contribution is -0.156. The summed E-state index contributed by atoms with van der Waals surface area (Å²) in [6.07, 6.45) is 1.96. The third kappa shape index (κ3) is 22.2. The Hall–Kier alpha value is -4.38. The molecule has 0 fully saturated rings. The van der Waals surface area contributed by atoms with Crippen LogP contribution < -0.4 is 22.3 Å². The van der Waals surface area contributed by atoms with Crippen molar-refractivity contribution in [2.45, 2.75) is 144 Å². The van der Waals surface area contributed by atoms with Crippen molar-refractivity contribution in [3.05, 3.63) is 23.9 Å². The predicted octanol–water partition coefficient (Wildman–Crippen LogP) is 5.43. The second-order valence-corrected chi connectivity index (χ2v) is 17.6. The maximum Gasteiger partial charge on any atom is 0.410 e. The van der Waals surface area contributed by atoms with Crippen molar-refractivity contribution in [3.8, 4) is 0 Å². The molecule has 0 aromatic carbocycles. The fraction of sp³-hybridized carbons (Fsp3) is 0.744. The van der Waals surface area contributed by atoms with E-state index in [1.807, 2.05) is 0 Å². The first-order valence-electron chi connectivity index (χ1n) is 19.3. The van der Waals surface area contributed by atoms with Gasteiger partial charge in [0.25, 0.3) is 5.91 Å². The number of anilines is 1. The number of unbranched alkanes of at least 4 members (excludes halogenated alkanes) is 1. The zero-order chi connectivity index (χ0) is 42.9. The summed E-state index contributed by atoms with van der Waals surface area (Å²) < 4.78 is 22.4. The highest BCUT2D eigenvalue weighted by molar-refractivity contribution is 5.94. The topological polar surface area (TPSA) is 221 Å². The third-order valence-corrected chi connectivity index (χ3v) is 7.40. The molecule has 4 amide bonds. The molecule has 0 aliphatic rings. The second kappa shape index (κ2) is 22.4. The Balaban J connectivity index is 2.94. The fourth-order valence-corrected chi connectivity index (χ4v) is 4.90. The van der Waals surface area contributed by atoms with E-state index in [1.165, 1.54) is 11.1 Å². The third-order valence-electron chi connectivity index (χ3n) is 7.40. The van der Waals surface area contributed by atoms with Crippen LogP contribution in [0.25, 0.3) is 0 Å². The van der Waals surface area contributed by atoms with Gasteiger partial charge in [0, 0.05) is 52.0 Å². The summed E-state index contributed by atoms with van der Waals surface area (Å²) in [7, 11) is 0. The average Bonchev–Trinajstić information content (AvgIpc) is 3.04. The molecule has 1 aromatic heterocycles. The Bertz CT molecular complexity index is 1400. The molecule has 56 heavy (non-hydrogen) atoms. The zero-order valence-electron chi connectivity index (χ0n) is 35.9. The lowest BCUT2D eigenvalue weighted by atomic mass is 10.1. The first-order chi connectivity index (χ1) is 25.7. The van der Waals surface area contributed by atoms with Crippen molar-refractivity contribution in [2.75, 3.05) is 51.2 Å². The van der Waals surface area contributed by atoms with Crippen LogP contribution >= 0.6 is 0 Å². The van der Waals surface area contributed by atoms with Gasteiger partial charge < -0.3 is 50.1 Å². The molecule has 320 valence electrons. The fourth-order valence-electron chi connectivity index (χ4n) is 4.90. The lowest BCUT2D eigenvalue weighted by Crippen LogP contribution is -2.43. The van der Waals surface area contributed by atoms with Crippen LogP contribution in [0.5, 0.6) is 0 Å². The average molecular weight is 795 g/mol. The number of amides is 4. The molecule has 0 saturated carbocycles. The molecule has 17 nitrogen and oxygen atoms in total. The van der Waals surface area contributed by atoms with E-state index in [0.717, 1.165) is 0 Å². The van der Waals surface area contributed by atoms with E-state index in [1.54, 1.807) is 105 Å². The number of hydrogen-bond donors (Lipinski definition) is 4. The molecule has 1 unspecified atom stereocenters. The number of nitrogens with zero attached hydrogens (tertiary/aromatic N) is 4. The first-order valence-corrected chi connectivity index (χ1v) is 19.3. The second-order valence-electron chi connectivity index (χ2n) is 17.6. The van der Waals surface area contributed by atoms with Gasteiger partial charge in [-0.25, -0.2) is 25.2 Å². The smallest absolute Gasteiger partial charge is 0.410 e. The Kier molecular flexibility index (Phi) is 19.8. The normalized spacial score (nSPS) is 12.5. The number of ether oxygens (including phenoxy) is 4. The molecule has 17 heteroatoms. The molecule has 0 spiro atoms. The summed E-state index contributed by atoms with van der Waals surface area (Å²) in [6.45, 7) is 23.3. The van der Waals surface area contributed by atoms with E-state index >= 15 is 0 Å². The van der Waals surface area contributed by atoms with Crippen LogP contribution in [-0.4, -0.2) is 124 Å². The monoisotopic (exact) mass is 795 g/mol. The number of nitrogens with one attached hydrogen (secondary N) is 2. The number of carbonyl (C=O) groups is 5. The van der Waals surface area contributed by atoms with Crippen molar-refractivity contribution < 1.29 is 42.9 Å². The van der Waals surface area contributed by atoms with Crippen LogP contribution in [0.15, 0.2) is 18.3 Å². The Morgan fingerprint density at radius 2 is 1.04 bits per heavy atom. The Labute approximate surface area is 333 Å². The molecule has 0 radical (unpaired) electrons. The number of hydrogen-bond acceptors (Lipinski definition) is 13. The van der Waals surface area contributed by atoms with Crippen molar-refractivity contribution >= 4 is 36.0 Å². The van der Waals surface area contributed by atoms with Crippen molar-refractivity contribution in [2.24, 2.45) is 11.6 Å². The number of pyridine rings is 1. The van der Waals surface area contributed by atoms with Gasteiger partial charge in [0.2, 0.25) is 0 Å². The van der Waals surface area contributed by atoms with Crippen molar-refractivity contribution in [1.82, 2.24) is 25.0 Å². The number of esters is 1. The molecule has 1 rings (SSSR count). The van der Waals surface area contributed by atoms with E-state index in [9.17, 15) is 24.0 Å². The van der Waals surface area contributed by atoms with Gasteiger partial charge in [0.15, 0.2) is 0 Å². The largest absolute Gasteiger partial charge is 0.459 e. The van der Waals surface area contributed by atoms with Gasteiger partial charge in [0.05, 0.1) is 5.56 Å². The molecule has 1 heterocycles. The molecule has 1 atom stereocenters. The minimum atomic E-state index is -0.920. The van der Waals surface area contributed by atoms with E-state index in [0.29, 0.717) is 63.2 Å². The van der Waals surface area contributed by atoms with Gasteiger partial charge in [-0.05, 0) is 127 Å². The minimum Gasteiger partial charge on any atom is -0.459 e. The van der Waals surface area contributed by atoms with Gasteiger partial charge >= 0.3 is 24.2 Å². The summed E-state index contributed by atoms with van der Waals surface area (Å²) >= 11 is 0. The number of hydrazine groups is 1. The summed E-state index contributed by atoms with van der Waals surface area (Å²) in [4.78, 5) is 73.4. The van der Waals surface area contributed by atoms with Crippen LogP contribution in [-0.2, 0) is 23.7 Å². The maximum absolute atomic E-state index is 13.3. The molecule has 0 saturated heterocycles. The summed E-state index contributed by atoms with van der Waals surface area (Å²) in [5.74, 6) is 4.91. The Morgan fingerprint density at radius 3 is 1.43 bits per heavy atom. The molecule has 1 aromatic rings. The molecule has 0 bridgehead atoms. The van der Waals surface area contributed by atoms with Crippen LogP contribution in [0, 0.1) is 0 Å². The molecular formula is C39H70N8O9.